The molecule has 0 unspecified atom stereocenters. The van der Waals surface area contributed by atoms with Gasteiger partial charge in [-0.3, -0.25) is 71.9 Å². The highest BCUT2D eigenvalue weighted by Crippen LogP contribution is 2.33. The Bertz CT molecular complexity index is 2950. The molecule has 47 heteroatoms. The second-order valence-corrected chi connectivity index (χ2v) is 52.1. The Morgan fingerprint density at radius 2 is 0.381 bits per heavy atom. The van der Waals surface area contributed by atoms with Crippen molar-refractivity contribution in [2.24, 2.45) is 27.4 Å². The maximum absolute atomic E-state index is 14.0. The number of carbonyl (C=O) groups is 15. The number of hydrogen-bond donors (Lipinski definition) is 7. The fourth-order valence-corrected chi connectivity index (χ4v) is 9.97. The summed E-state index contributed by atoms with van der Waals surface area (Å²) >= 11 is 29.3. The highest BCUT2D eigenvalue weighted by Gasteiger charge is 2.46. The van der Waals surface area contributed by atoms with E-state index in [1.54, 1.807) is 0 Å². The molecule has 6 amide bonds. The number of esters is 9. The van der Waals surface area contributed by atoms with Crippen molar-refractivity contribution in [1.82, 2.24) is 31.9 Å². The Hall–Kier alpha value is -3.95. The van der Waals surface area contributed by atoms with Crippen LogP contribution in [0.3, 0.4) is 0 Å². The number of alkyl halides is 9. The van der Waals surface area contributed by atoms with Crippen LogP contribution in [0, 0.1) is 21.7 Å². The van der Waals surface area contributed by atoms with Crippen LogP contribution in [-0.4, -0.2) is 326 Å². The summed E-state index contributed by atoms with van der Waals surface area (Å²) in [6.07, 6.45) is -1.14. The molecule has 0 aromatic heterocycles. The lowest BCUT2D eigenvalue weighted by Crippen LogP contribution is -2.54. The number of carbonyl (C=O) groups excluding carboxylic acids is 15. The van der Waals surface area contributed by atoms with Gasteiger partial charge >= 0.3 is 53.7 Å². The predicted octanol–water partition coefficient (Wildman–Crippen LogP) is 6.32. The zero-order chi connectivity index (χ0) is 97.1. The van der Waals surface area contributed by atoms with Gasteiger partial charge in [0.25, 0.3) is 0 Å². The van der Waals surface area contributed by atoms with Crippen LogP contribution in [-0.2, 0) is 148 Å². The van der Waals surface area contributed by atoms with Crippen LogP contribution in [0.4, 0.5) is 0 Å². The molecule has 0 fully saturated rings. The predicted molar refractivity (Wildman–Crippen MR) is 492 cm³/mol. The van der Waals surface area contributed by atoms with E-state index < -0.39 is 249 Å². The van der Waals surface area contributed by atoms with Gasteiger partial charge in [0.05, 0.1) is 88.9 Å². The number of ether oxygens (including phenoxy) is 16. The molecule has 38 nitrogen and oxygen atoms in total. The first-order valence-electron chi connectivity index (χ1n) is 39.8. The highest BCUT2D eigenvalue weighted by atomic mass is 79.9. The van der Waals surface area contributed by atoms with Crippen LogP contribution >= 0.6 is 143 Å². The Morgan fingerprint density at radius 3 is 0.556 bits per heavy atom. The standard InChI is InChI=1S/C79H128Br9N7O31/c1-67(2,80)58(102)118-43-77(44-119-59(103)68(3,4)81,45-120-60(104)69(5,6)82)40-115-33-55(99)90-23-19-52(96)93-36-76(39-114-32-31-113-30-29-112-28-27-111-26-22-89,37-94-53(97)20-24-91-56(100)34-116-41-78(46-121-61(105)70(7,8)83,47-122-62(106)71(9,10)84)48-123-63(107)72(11,12)85)38-95-54(98)21-25-92-57(101)35-117-42-79(49-124-64(108)73(13,14)86,50-125-65(109)74(15,16)87)51-126-66(110)75(17,18)88/h19-51,89H2,1-18H3,(H,90,99)(H,91,100)(H,92,101)(H,93,96)(H,94,97)(H,95,98). The maximum atomic E-state index is 14.0. The molecule has 0 spiro atoms. The number of rotatable bonds is 67. The quantitative estimate of drug-likeness (QED) is 0.0151. The third-order valence-electron chi connectivity index (χ3n) is 16.7. The second-order valence-electron chi connectivity index (χ2n) is 34.2. The summed E-state index contributed by atoms with van der Waals surface area (Å²) in [5, 5.41) is 16.1. The van der Waals surface area contributed by atoms with Crippen molar-refractivity contribution >= 4 is 233 Å². The molecule has 126 heavy (non-hydrogen) atoms. The lowest BCUT2D eigenvalue weighted by molar-refractivity contribution is -0.172. The van der Waals surface area contributed by atoms with E-state index in [1.807, 2.05) is 0 Å². The molecule has 0 saturated carbocycles. The van der Waals surface area contributed by atoms with Gasteiger partial charge in [0, 0.05) is 70.5 Å². The third kappa shape index (κ3) is 54.9. The second kappa shape index (κ2) is 57.6. The molecular weight excluding hydrogens is 2260 g/mol. The Balaban J connectivity index is 7.45. The summed E-state index contributed by atoms with van der Waals surface area (Å²) in [5.41, 5.74) is -0.740. The summed E-state index contributed by atoms with van der Waals surface area (Å²) in [6, 6.07) is 0. The van der Waals surface area contributed by atoms with Crippen molar-refractivity contribution in [2.75, 3.05) is 198 Å². The van der Waals surface area contributed by atoms with Crippen LogP contribution in [0.25, 0.3) is 0 Å². The van der Waals surface area contributed by atoms with E-state index in [2.05, 4.69) is 175 Å². The van der Waals surface area contributed by atoms with E-state index in [0.717, 1.165) is 0 Å². The molecule has 0 rings (SSSR count). The minimum absolute atomic E-state index is 0.00579. The molecule has 0 saturated heterocycles. The maximum Gasteiger partial charge on any atom is 0.322 e. The normalized spacial score (nSPS) is 12.8. The fraction of sp³-hybridized carbons (Fsp3) is 0.810. The molecule has 0 bridgehead atoms. The number of amides is 6. The van der Waals surface area contributed by atoms with Gasteiger partial charge in [0.1, 0.15) is 118 Å². The average Bonchev–Trinajstić information content (AvgIpc) is 0.836. The minimum atomic E-state index is -1.59. The first kappa shape index (κ1) is 122. The van der Waals surface area contributed by atoms with E-state index in [-0.39, 0.29) is 98.2 Å². The monoisotopic (exact) mass is 2380 g/mol. The van der Waals surface area contributed by atoms with E-state index in [1.165, 1.54) is 125 Å². The Kier molecular flexibility index (Phi) is 55.8. The van der Waals surface area contributed by atoms with Crippen molar-refractivity contribution in [3.63, 3.8) is 0 Å². The van der Waals surface area contributed by atoms with E-state index in [9.17, 15) is 71.9 Å². The van der Waals surface area contributed by atoms with Gasteiger partial charge in [-0.15, -0.1) is 0 Å². The first-order valence-corrected chi connectivity index (χ1v) is 46.9. The van der Waals surface area contributed by atoms with Crippen LogP contribution in [0.5, 0.6) is 0 Å². The van der Waals surface area contributed by atoms with Gasteiger partial charge < -0.3 is 113 Å². The van der Waals surface area contributed by atoms with Crippen molar-refractivity contribution in [2.45, 2.75) is 183 Å². The van der Waals surface area contributed by atoms with Gasteiger partial charge in [0.2, 0.25) is 35.4 Å². The van der Waals surface area contributed by atoms with Gasteiger partial charge in [-0.1, -0.05) is 143 Å². The summed E-state index contributed by atoms with van der Waals surface area (Å²) < 4.78 is 80.2. The van der Waals surface area contributed by atoms with Gasteiger partial charge in [-0.05, 0) is 125 Å². The average molecular weight is 2390 g/mol. The largest absolute Gasteiger partial charge is 0.464 e. The van der Waals surface area contributed by atoms with Crippen LogP contribution in [0.1, 0.15) is 144 Å². The van der Waals surface area contributed by atoms with E-state index in [4.69, 9.17) is 81.5 Å². The zero-order valence-corrected chi connectivity index (χ0v) is 89.2. The van der Waals surface area contributed by atoms with Crippen molar-refractivity contribution < 1.29 is 148 Å². The molecule has 0 aliphatic rings. The number of halogens is 9. The number of nitrogens with two attached hydrogens (primary N) is 1. The molecule has 728 valence electrons. The van der Waals surface area contributed by atoms with Crippen molar-refractivity contribution in [1.29, 1.82) is 0 Å². The van der Waals surface area contributed by atoms with Crippen molar-refractivity contribution in [3.05, 3.63) is 0 Å². The van der Waals surface area contributed by atoms with Crippen LogP contribution in [0.2, 0.25) is 0 Å². The molecular formula is C79H128Br9N7O31. The molecule has 0 aromatic rings. The number of hydrogen-bond acceptors (Lipinski definition) is 32. The summed E-state index contributed by atoms with van der Waals surface area (Å²) in [7, 11) is 0. The molecule has 0 atom stereocenters. The molecule has 0 aromatic carbocycles. The zero-order valence-electron chi connectivity index (χ0n) is 75.0. The first-order chi connectivity index (χ1) is 57.7. The van der Waals surface area contributed by atoms with Gasteiger partial charge in [0.15, 0.2) is 0 Å². The van der Waals surface area contributed by atoms with Crippen LogP contribution in [0.15, 0.2) is 0 Å². The minimum Gasteiger partial charge on any atom is -0.464 e. The summed E-state index contributed by atoms with van der Waals surface area (Å²) in [6.45, 7) is 18.5. The Labute approximate surface area is 813 Å². The molecule has 0 heterocycles. The molecule has 8 N–H and O–H groups in total. The van der Waals surface area contributed by atoms with Gasteiger partial charge in [-0.25, -0.2) is 0 Å². The lowest BCUT2D eigenvalue weighted by atomic mass is 9.88. The summed E-state index contributed by atoms with van der Waals surface area (Å²) in [4.78, 5) is 200. The van der Waals surface area contributed by atoms with Crippen molar-refractivity contribution in [3.8, 4) is 0 Å². The topological polar surface area (TPSA) is 502 Å². The highest BCUT2D eigenvalue weighted by molar-refractivity contribution is 9.11. The smallest absolute Gasteiger partial charge is 0.322 e. The fourth-order valence-electron chi connectivity index (χ4n) is 8.94. The summed E-state index contributed by atoms with van der Waals surface area (Å²) in [5.74, 6) is -10.9. The van der Waals surface area contributed by atoms with Gasteiger partial charge in [-0.2, -0.15) is 0 Å². The molecule has 0 radical (unpaired) electrons. The van der Waals surface area contributed by atoms with E-state index >= 15 is 0 Å². The molecule has 0 aliphatic heterocycles. The third-order valence-corrected chi connectivity index (χ3v) is 19.6. The SMILES string of the molecule is CC(C)(Br)C(=O)OCC(COCC(=O)NCCC(=O)NCC(CNC(=O)CCNC(=O)COCC(COC(=O)C(C)(C)Br)(COC(=O)C(C)(C)Br)COC(=O)C(C)(C)Br)(CNC(=O)CCNC(=O)COCC(COC(=O)C(C)(C)Br)(COC(=O)C(C)(C)Br)COC(=O)C(C)(C)Br)COCCOCCOCCOCCN)(COC(=O)C(C)(C)Br)COC(=O)C(C)(C)Br. The number of nitrogens with one attached hydrogen (secondary N) is 6. The van der Waals surface area contributed by atoms with Crippen LogP contribution < -0.4 is 37.6 Å². The Morgan fingerprint density at radius 1 is 0.214 bits per heavy atom. The lowest BCUT2D eigenvalue weighted by Gasteiger charge is -2.34. The molecule has 0 aliphatic carbocycles. The van der Waals surface area contributed by atoms with E-state index in [0.29, 0.717) is 19.8 Å².